The highest BCUT2D eigenvalue weighted by atomic mass is 16.5. The molecule has 2 rings (SSSR count). The Morgan fingerprint density at radius 3 is 2.86 bits per heavy atom. The molecule has 2 saturated heterocycles. The van der Waals surface area contributed by atoms with Gasteiger partial charge in [0.15, 0.2) is 0 Å². The lowest BCUT2D eigenvalue weighted by atomic mass is 9.78. The normalized spacial score (nSPS) is 41.9. The van der Waals surface area contributed by atoms with Gasteiger partial charge in [0.25, 0.3) is 0 Å². The van der Waals surface area contributed by atoms with Crippen molar-refractivity contribution in [3.8, 4) is 0 Å². The van der Waals surface area contributed by atoms with E-state index in [9.17, 15) is 4.79 Å². The predicted molar refractivity (Wildman–Crippen MR) is 50.7 cm³/mol. The Morgan fingerprint density at radius 2 is 2.29 bits per heavy atom. The molecule has 0 aliphatic carbocycles. The van der Waals surface area contributed by atoms with Crippen molar-refractivity contribution in [3.05, 3.63) is 0 Å². The Kier molecular flexibility index (Phi) is 2.27. The molecule has 80 valence electrons. The van der Waals surface area contributed by atoms with Crippen LogP contribution < -0.4 is 5.32 Å². The molecule has 0 aromatic carbocycles. The standard InChI is InChI=1S/C10H17NO3/c1-9(8(12)13-2)5-6-11-10(9)4-3-7-14-10/h11H,3-7H2,1-2H3. The third-order valence-corrected chi connectivity index (χ3v) is 3.58. The van der Waals surface area contributed by atoms with Gasteiger partial charge in [-0.25, -0.2) is 0 Å². The fourth-order valence-electron chi connectivity index (χ4n) is 2.62. The van der Waals surface area contributed by atoms with E-state index in [4.69, 9.17) is 9.47 Å². The zero-order chi connectivity index (χ0) is 10.2. The number of hydrogen-bond donors (Lipinski definition) is 1. The summed E-state index contributed by atoms with van der Waals surface area (Å²) in [4.78, 5) is 11.8. The van der Waals surface area contributed by atoms with Gasteiger partial charge in [-0.1, -0.05) is 0 Å². The van der Waals surface area contributed by atoms with Gasteiger partial charge in [0.1, 0.15) is 11.1 Å². The molecular formula is C10H17NO3. The topological polar surface area (TPSA) is 47.6 Å². The molecule has 14 heavy (non-hydrogen) atoms. The van der Waals surface area contributed by atoms with E-state index in [2.05, 4.69) is 5.32 Å². The number of ether oxygens (including phenoxy) is 2. The van der Waals surface area contributed by atoms with E-state index in [0.29, 0.717) is 0 Å². The van der Waals surface area contributed by atoms with Crippen LogP contribution >= 0.6 is 0 Å². The molecule has 4 nitrogen and oxygen atoms in total. The van der Waals surface area contributed by atoms with Gasteiger partial charge in [0, 0.05) is 6.61 Å². The van der Waals surface area contributed by atoms with E-state index in [0.717, 1.165) is 32.4 Å². The number of nitrogens with one attached hydrogen (secondary N) is 1. The summed E-state index contributed by atoms with van der Waals surface area (Å²) in [6.07, 6.45) is 2.71. The molecule has 2 fully saturated rings. The highest BCUT2D eigenvalue weighted by Crippen LogP contribution is 2.46. The van der Waals surface area contributed by atoms with Crippen LogP contribution in [0.4, 0.5) is 0 Å². The first-order valence-corrected chi connectivity index (χ1v) is 5.12. The second-order valence-electron chi connectivity index (χ2n) is 4.28. The summed E-state index contributed by atoms with van der Waals surface area (Å²) >= 11 is 0. The second-order valence-corrected chi connectivity index (χ2v) is 4.28. The molecule has 0 aromatic heterocycles. The van der Waals surface area contributed by atoms with E-state index in [1.807, 2.05) is 6.92 Å². The first kappa shape index (κ1) is 9.93. The van der Waals surface area contributed by atoms with Crippen molar-refractivity contribution in [1.29, 1.82) is 0 Å². The van der Waals surface area contributed by atoms with Gasteiger partial charge in [-0.05, 0) is 32.7 Å². The van der Waals surface area contributed by atoms with Crippen molar-refractivity contribution in [2.75, 3.05) is 20.3 Å². The van der Waals surface area contributed by atoms with Crippen LogP contribution in [-0.2, 0) is 14.3 Å². The van der Waals surface area contributed by atoms with Gasteiger partial charge in [-0.3, -0.25) is 10.1 Å². The molecule has 1 spiro atoms. The van der Waals surface area contributed by atoms with E-state index in [-0.39, 0.29) is 5.97 Å². The number of carbonyl (C=O) groups is 1. The van der Waals surface area contributed by atoms with Crippen molar-refractivity contribution in [2.24, 2.45) is 5.41 Å². The predicted octanol–water partition coefficient (Wildman–Crippen LogP) is 0.666. The fourth-order valence-corrected chi connectivity index (χ4v) is 2.62. The van der Waals surface area contributed by atoms with Crippen molar-refractivity contribution < 1.29 is 14.3 Å². The zero-order valence-corrected chi connectivity index (χ0v) is 8.76. The molecule has 0 amide bonds. The van der Waals surface area contributed by atoms with Crippen LogP contribution in [0.1, 0.15) is 26.2 Å². The van der Waals surface area contributed by atoms with Gasteiger partial charge in [-0.15, -0.1) is 0 Å². The number of hydrogen-bond acceptors (Lipinski definition) is 4. The van der Waals surface area contributed by atoms with Crippen molar-refractivity contribution in [2.45, 2.75) is 31.9 Å². The highest BCUT2D eigenvalue weighted by Gasteiger charge is 2.59. The average Bonchev–Trinajstić information content (AvgIpc) is 2.77. The SMILES string of the molecule is COC(=O)C1(C)CCNC12CCCO2. The maximum Gasteiger partial charge on any atom is 0.315 e. The molecule has 2 aliphatic heterocycles. The molecule has 1 N–H and O–H groups in total. The van der Waals surface area contributed by atoms with Crippen LogP contribution in [0, 0.1) is 5.41 Å². The van der Waals surface area contributed by atoms with Crippen LogP contribution in [0.5, 0.6) is 0 Å². The fraction of sp³-hybridized carbons (Fsp3) is 0.900. The summed E-state index contributed by atoms with van der Waals surface area (Å²) in [5.41, 5.74) is -0.974. The third-order valence-electron chi connectivity index (χ3n) is 3.58. The minimum Gasteiger partial charge on any atom is -0.468 e. The van der Waals surface area contributed by atoms with Gasteiger partial charge in [0.05, 0.1) is 7.11 Å². The molecule has 2 aliphatic rings. The summed E-state index contributed by atoms with van der Waals surface area (Å²) in [7, 11) is 1.44. The van der Waals surface area contributed by atoms with E-state index < -0.39 is 11.1 Å². The quantitative estimate of drug-likeness (QED) is 0.630. The highest BCUT2D eigenvalue weighted by molar-refractivity contribution is 5.78. The Balaban J connectivity index is 2.28. The van der Waals surface area contributed by atoms with Gasteiger partial charge in [-0.2, -0.15) is 0 Å². The summed E-state index contributed by atoms with van der Waals surface area (Å²) in [5, 5.41) is 3.31. The molecule has 2 atom stereocenters. The van der Waals surface area contributed by atoms with E-state index in [1.54, 1.807) is 0 Å². The largest absolute Gasteiger partial charge is 0.468 e. The second kappa shape index (κ2) is 3.21. The minimum atomic E-state index is -0.516. The maximum absolute atomic E-state index is 11.8. The summed E-state index contributed by atoms with van der Waals surface area (Å²) in [6, 6.07) is 0. The number of rotatable bonds is 1. The zero-order valence-electron chi connectivity index (χ0n) is 8.76. The van der Waals surface area contributed by atoms with Crippen LogP contribution in [-0.4, -0.2) is 32.0 Å². The number of esters is 1. The average molecular weight is 199 g/mol. The Labute approximate surface area is 84.0 Å². The molecule has 2 unspecified atom stereocenters. The minimum absolute atomic E-state index is 0.163. The van der Waals surface area contributed by atoms with E-state index in [1.165, 1.54) is 7.11 Å². The Morgan fingerprint density at radius 1 is 1.50 bits per heavy atom. The van der Waals surface area contributed by atoms with Crippen molar-refractivity contribution in [3.63, 3.8) is 0 Å². The van der Waals surface area contributed by atoms with Crippen LogP contribution in [0.3, 0.4) is 0 Å². The Bertz CT molecular complexity index is 242. The first-order valence-electron chi connectivity index (χ1n) is 5.12. The monoisotopic (exact) mass is 199 g/mol. The Hall–Kier alpha value is -0.610. The van der Waals surface area contributed by atoms with Crippen LogP contribution in [0.15, 0.2) is 0 Å². The first-order chi connectivity index (χ1) is 6.65. The lowest BCUT2D eigenvalue weighted by molar-refractivity contribution is -0.170. The van der Waals surface area contributed by atoms with E-state index >= 15 is 0 Å². The van der Waals surface area contributed by atoms with Crippen molar-refractivity contribution in [1.82, 2.24) is 5.32 Å². The molecule has 4 heteroatoms. The van der Waals surface area contributed by atoms with Gasteiger partial charge < -0.3 is 9.47 Å². The number of carbonyl (C=O) groups excluding carboxylic acids is 1. The molecule has 0 saturated carbocycles. The van der Waals surface area contributed by atoms with Gasteiger partial charge >= 0.3 is 5.97 Å². The lowest BCUT2D eigenvalue weighted by Crippen LogP contribution is -2.54. The van der Waals surface area contributed by atoms with Crippen LogP contribution in [0.25, 0.3) is 0 Å². The number of methoxy groups -OCH3 is 1. The third kappa shape index (κ3) is 1.10. The van der Waals surface area contributed by atoms with Gasteiger partial charge in [0.2, 0.25) is 0 Å². The molecule has 2 heterocycles. The molecular weight excluding hydrogens is 182 g/mol. The molecule has 0 bridgehead atoms. The van der Waals surface area contributed by atoms with Crippen molar-refractivity contribution >= 4 is 5.97 Å². The molecule has 0 radical (unpaired) electrons. The summed E-state index contributed by atoms with van der Waals surface area (Å²) in [5.74, 6) is -0.163. The maximum atomic E-state index is 11.8. The molecule has 0 aromatic rings. The van der Waals surface area contributed by atoms with Crippen LogP contribution in [0.2, 0.25) is 0 Å². The summed E-state index contributed by atoms with van der Waals surface area (Å²) < 4.78 is 10.6. The summed E-state index contributed by atoms with van der Waals surface area (Å²) in [6.45, 7) is 3.50. The smallest absolute Gasteiger partial charge is 0.315 e. The lowest BCUT2D eigenvalue weighted by Gasteiger charge is -2.37.